The summed E-state index contributed by atoms with van der Waals surface area (Å²) < 4.78 is 33.7. The van der Waals surface area contributed by atoms with Crippen LogP contribution >= 0.6 is 0 Å². The van der Waals surface area contributed by atoms with Crippen LogP contribution in [0.3, 0.4) is 0 Å². The van der Waals surface area contributed by atoms with Crippen molar-refractivity contribution in [3.8, 4) is 0 Å². The van der Waals surface area contributed by atoms with Gasteiger partial charge in [0.2, 0.25) is 0 Å². The van der Waals surface area contributed by atoms with Crippen molar-refractivity contribution < 1.29 is 32.3 Å². The normalized spacial score (nSPS) is 19.3. The lowest BCUT2D eigenvalue weighted by Crippen LogP contribution is -2.37. The van der Waals surface area contributed by atoms with Gasteiger partial charge in [-0.1, -0.05) is 76.9 Å². The van der Waals surface area contributed by atoms with Crippen LogP contribution in [0.4, 0.5) is 0 Å². The third kappa shape index (κ3) is 12.9. The Kier molecular flexibility index (Phi) is 15.2. The molecule has 0 spiro atoms. The first kappa shape index (κ1) is 30.1. The number of aliphatic hydroxyl groups is 2. The Balaban J connectivity index is 2.24. The number of rotatable bonds is 20. The van der Waals surface area contributed by atoms with Crippen molar-refractivity contribution in [2.24, 2.45) is 5.92 Å². The maximum Gasteiger partial charge on any atom is 0.312 e. The molecule has 8 heteroatoms. The van der Waals surface area contributed by atoms with E-state index in [0.717, 1.165) is 44.8 Å². The van der Waals surface area contributed by atoms with E-state index in [0.29, 0.717) is 6.42 Å². The Bertz CT molecular complexity index is 656. The number of unbranched alkanes of at least 4 members (excludes halogenated alkanes) is 11. The standard InChI is InChI=1S/C25H46O7S/c1-3-4-5-6-7-8-9-10-11-12-13-14-15-16-17-18-23(32-33(2,29)30)22-19-25(20-26,21-27)31-24(22)28/h10-11,22-23,26-27H,3-9,12-21H2,1-2H3/b11-10-. The van der Waals surface area contributed by atoms with Gasteiger partial charge in [-0.3, -0.25) is 8.98 Å². The highest BCUT2D eigenvalue weighted by Crippen LogP contribution is 2.36. The van der Waals surface area contributed by atoms with Gasteiger partial charge < -0.3 is 14.9 Å². The van der Waals surface area contributed by atoms with E-state index in [-0.39, 0.29) is 6.42 Å². The molecule has 7 nitrogen and oxygen atoms in total. The highest BCUT2D eigenvalue weighted by Gasteiger charge is 2.50. The summed E-state index contributed by atoms with van der Waals surface area (Å²) in [6.07, 6.45) is 20.4. The molecule has 1 rings (SSSR count). The van der Waals surface area contributed by atoms with E-state index in [1.165, 1.54) is 44.9 Å². The molecule has 1 aliphatic heterocycles. The predicted octanol–water partition coefficient (Wildman–Crippen LogP) is 4.66. The molecule has 194 valence electrons. The Morgan fingerprint density at radius 1 is 0.970 bits per heavy atom. The number of hydrogen-bond acceptors (Lipinski definition) is 7. The van der Waals surface area contributed by atoms with Crippen LogP contribution in [0.15, 0.2) is 12.2 Å². The Morgan fingerprint density at radius 2 is 1.48 bits per heavy atom. The fourth-order valence-electron chi connectivity index (χ4n) is 4.30. The molecule has 0 amide bonds. The third-order valence-corrected chi connectivity index (χ3v) is 6.88. The number of hydrogen-bond donors (Lipinski definition) is 2. The molecule has 0 aliphatic carbocycles. The Hall–Kier alpha value is -0.960. The van der Waals surface area contributed by atoms with Crippen molar-refractivity contribution >= 4 is 16.1 Å². The molecule has 1 aliphatic rings. The van der Waals surface area contributed by atoms with Gasteiger partial charge in [0.25, 0.3) is 10.1 Å². The molecule has 0 bridgehead atoms. The molecule has 0 radical (unpaired) electrons. The second-order valence-corrected chi connectivity index (χ2v) is 11.0. The lowest BCUT2D eigenvalue weighted by Gasteiger charge is -2.23. The molecule has 1 saturated heterocycles. The summed E-state index contributed by atoms with van der Waals surface area (Å²) in [7, 11) is -3.75. The molecule has 1 fully saturated rings. The van der Waals surface area contributed by atoms with E-state index in [4.69, 9.17) is 8.92 Å². The molecule has 1 heterocycles. The summed E-state index contributed by atoms with van der Waals surface area (Å²) in [6, 6.07) is 0. The van der Waals surface area contributed by atoms with Gasteiger partial charge in [0.05, 0.1) is 31.5 Å². The number of allylic oxidation sites excluding steroid dienone is 2. The van der Waals surface area contributed by atoms with Crippen molar-refractivity contribution in [2.45, 2.75) is 115 Å². The summed E-state index contributed by atoms with van der Waals surface area (Å²) in [5.41, 5.74) is -1.36. The molecule has 0 saturated carbocycles. The van der Waals surface area contributed by atoms with E-state index < -0.39 is 46.9 Å². The summed E-state index contributed by atoms with van der Waals surface area (Å²) >= 11 is 0. The van der Waals surface area contributed by atoms with Crippen LogP contribution in [0, 0.1) is 5.92 Å². The number of cyclic esters (lactones) is 1. The summed E-state index contributed by atoms with van der Waals surface area (Å²) in [5, 5.41) is 19.0. The van der Waals surface area contributed by atoms with Gasteiger partial charge in [-0.15, -0.1) is 0 Å². The van der Waals surface area contributed by atoms with Gasteiger partial charge in [-0.05, 0) is 32.1 Å². The molecule has 2 N–H and O–H groups in total. The fourth-order valence-corrected chi connectivity index (χ4v) is 4.98. The molecule has 0 aromatic carbocycles. The van der Waals surface area contributed by atoms with Crippen LogP contribution in [0.2, 0.25) is 0 Å². The van der Waals surface area contributed by atoms with Crippen molar-refractivity contribution in [1.82, 2.24) is 0 Å². The lowest BCUT2D eigenvalue weighted by molar-refractivity contribution is -0.158. The van der Waals surface area contributed by atoms with E-state index in [1.54, 1.807) is 0 Å². The van der Waals surface area contributed by atoms with Crippen LogP contribution in [0.1, 0.15) is 103 Å². The molecule has 33 heavy (non-hydrogen) atoms. The third-order valence-electron chi connectivity index (χ3n) is 6.29. The zero-order valence-electron chi connectivity index (χ0n) is 20.7. The predicted molar refractivity (Wildman–Crippen MR) is 130 cm³/mol. The molecule has 0 aromatic heterocycles. The van der Waals surface area contributed by atoms with E-state index >= 15 is 0 Å². The van der Waals surface area contributed by atoms with Crippen LogP contribution in [0.25, 0.3) is 0 Å². The van der Waals surface area contributed by atoms with E-state index in [1.807, 2.05) is 0 Å². The monoisotopic (exact) mass is 490 g/mol. The van der Waals surface area contributed by atoms with Gasteiger partial charge in [-0.25, -0.2) is 0 Å². The second kappa shape index (κ2) is 16.6. The Morgan fingerprint density at radius 3 is 1.97 bits per heavy atom. The summed E-state index contributed by atoms with van der Waals surface area (Å²) in [4.78, 5) is 12.3. The highest BCUT2D eigenvalue weighted by molar-refractivity contribution is 7.86. The first-order chi connectivity index (χ1) is 15.8. The molecule has 2 unspecified atom stereocenters. The fraction of sp³-hybridized carbons (Fsp3) is 0.880. The first-order valence-electron chi connectivity index (χ1n) is 12.7. The maximum absolute atomic E-state index is 12.3. The number of ether oxygens (including phenoxy) is 1. The first-order valence-corrected chi connectivity index (χ1v) is 14.6. The van der Waals surface area contributed by atoms with E-state index in [9.17, 15) is 23.4 Å². The summed E-state index contributed by atoms with van der Waals surface area (Å²) in [5.74, 6) is -1.43. The Labute approximate surface area is 201 Å². The molecular formula is C25H46O7S. The van der Waals surface area contributed by atoms with Gasteiger partial charge >= 0.3 is 5.97 Å². The largest absolute Gasteiger partial charge is 0.454 e. The van der Waals surface area contributed by atoms with Crippen molar-refractivity contribution in [2.75, 3.05) is 19.5 Å². The van der Waals surface area contributed by atoms with Gasteiger partial charge in [0, 0.05) is 6.42 Å². The second-order valence-electron chi connectivity index (χ2n) is 9.44. The number of esters is 1. The average Bonchev–Trinajstić information content (AvgIpc) is 3.12. The minimum absolute atomic E-state index is 0.0457. The number of carbonyl (C=O) groups excluding carboxylic acids is 1. The van der Waals surface area contributed by atoms with Gasteiger partial charge in [0.15, 0.2) is 5.60 Å². The smallest absolute Gasteiger partial charge is 0.312 e. The minimum Gasteiger partial charge on any atom is -0.454 e. The minimum atomic E-state index is -3.75. The van der Waals surface area contributed by atoms with Crippen LogP contribution in [-0.2, 0) is 23.8 Å². The summed E-state index contributed by atoms with van der Waals surface area (Å²) in [6.45, 7) is 1.22. The number of carbonyl (C=O) groups is 1. The zero-order chi connectivity index (χ0) is 24.6. The lowest BCUT2D eigenvalue weighted by atomic mass is 9.89. The molecule has 2 atom stereocenters. The van der Waals surface area contributed by atoms with Crippen molar-refractivity contribution in [3.63, 3.8) is 0 Å². The van der Waals surface area contributed by atoms with Gasteiger partial charge in [0.1, 0.15) is 0 Å². The molecule has 0 aromatic rings. The van der Waals surface area contributed by atoms with Crippen molar-refractivity contribution in [1.29, 1.82) is 0 Å². The van der Waals surface area contributed by atoms with E-state index in [2.05, 4.69) is 19.1 Å². The highest BCUT2D eigenvalue weighted by atomic mass is 32.2. The zero-order valence-corrected chi connectivity index (χ0v) is 21.5. The van der Waals surface area contributed by atoms with Crippen LogP contribution in [0.5, 0.6) is 0 Å². The quantitative estimate of drug-likeness (QED) is 0.111. The van der Waals surface area contributed by atoms with Crippen molar-refractivity contribution in [3.05, 3.63) is 12.2 Å². The topological polar surface area (TPSA) is 110 Å². The van der Waals surface area contributed by atoms with Crippen LogP contribution in [-0.4, -0.2) is 55.8 Å². The van der Waals surface area contributed by atoms with Crippen LogP contribution < -0.4 is 0 Å². The number of aliphatic hydroxyl groups excluding tert-OH is 2. The molecular weight excluding hydrogens is 444 g/mol. The SMILES string of the molecule is CCCCCCCC/C=C\CCCCCCCC(OS(C)(=O)=O)C1CC(CO)(CO)OC1=O. The maximum atomic E-state index is 12.3. The van der Waals surface area contributed by atoms with Gasteiger partial charge in [-0.2, -0.15) is 8.42 Å². The average molecular weight is 491 g/mol.